The SMILES string of the molecule is CCC/C=C/CC/C=C/C(O)C(COP(=O)(O)OC1C(O)C(O)C(O)C(O)C1O)NC(=O)CC(O)CCCCCCC/C=C\CCCCCCCCCCCC. The minimum absolute atomic E-state index is 0.259. The topological polar surface area (TPSA) is 226 Å². The van der Waals surface area contributed by atoms with Gasteiger partial charge in [-0.2, -0.15) is 0 Å². The Morgan fingerprint density at radius 2 is 1.09 bits per heavy atom. The van der Waals surface area contributed by atoms with Gasteiger partial charge in [-0.05, 0) is 51.4 Å². The van der Waals surface area contributed by atoms with Gasteiger partial charge in [0.25, 0.3) is 0 Å². The predicted molar refractivity (Wildman–Crippen MR) is 220 cm³/mol. The standard InChI is InChI=1S/C42H78NO12P/c1-3-5-7-9-11-12-13-14-15-16-17-18-19-20-21-22-24-25-27-29-33(44)31-36(46)43-34(35(45)30-28-26-23-10-8-6-4-2)32-54-56(52,53)55-42-40(50)38(48)37(47)39(49)41(42)51/h8,10,18-19,28,30,33-35,37-42,44-45,47-51H,3-7,9,11-17,20-27,29,31-32H2,1-2H3,(H,43,46)(H,52,53)/b10-8+,19-18-,30-28+. The van der Waals surface area contributed by atoms with Crippen LogP contribution in [0.1, 0.15) is 162 Å². The molecule has 14 heteroatoms. The van der Waals surface area contributed by atoms with E-state index >= 15 is 0 Å². The van der Waals surface area contributed by atoms with E-state index < -0.39 is 75.2 Å². The molecule has 8 unspecified atom stereocenters. The molecular weight excluding hydrogens is 741 g/mol. The molecule has 0 spiro atoms. The first-order chi connectivity index (χ1) is 26.8. The van der Waals surface area contributed by atoms with E-state index in [1.807, 2.05) is 6.08 Å². The maximum atomic E-state index is 12.9. The quantitative estimate of drug-likeness (QED) is 0.0201. The summed E-state index contributed by atoms with van der Waals surface area (Å²) < 4.78 is 22.7. The van der Waals surface area contributed by atoms with Gasteiger partial charge in [-0.25, -0.2) is 4.57 Å². The van der Waals surface area contributed by atoms with Crippen LogP contribution >= 0.6 is 7.82 Å². The maximum absolute atomic E-state index is 12.9. The van der Waals surface area contributed by atoms with Gasteiger partial charge in [0.05, 0.1) is 31.3 Å². The molecule has 0 saturated heterocycles. The summed E-state index contributed by atoms with van der Waals surface area (Å²) in [6.45, 7) is 3.58. The van der Waals surface area contributed by atoms with Crippen LogP contribution in [0.2, 0.25) is 0 Å². The van der Waals surface area contributed by atoms with E-state index in [4.69, 9.17) is 9.05 Å². The van der Waals surface area contributed by atoms with Gasteiger partial charge in [0.1, 0.15) is 36.6 Å². The fourth-order valence-electron chi connectivity index (χ4n) is 6.61. The molecule has 56 heavy (non-hydrogen) atoms. The van der Waals surface area contributed by atoms with Crippen LogP contribution in [-0.4, -0.2) is 108 Å². The van der Waals surface area contributed by atoms with Gasteiger partial charge in [0.2, 0.25) is 5.91 Å². The Morgan fingerprint density at radius 3 is 1.64 bits per heavy atom. The zero-order valence-corrected chi connectivity index (χ0v) is 35.2. The van der Waals surface area contributed by atoms with Crippen molar-refractivity contribution in [3.63, 3.8) is 0 Å². The molecule has 328 valence electrons. The van der Waals surface area contributed by atoms with Gasteiger partial charge < -0.3 is 46.0 Å². The highest BCUT2D eigenvalue weighted by Crippen LogP contribution is 2.47. The second-order valence-corrected chi connectivity index (χ2v) is 16.8. The lowest BCUT2D eigenvalue weighted by Gasteiger charge is -2.41. The monoisotopic (exact) mass is 820 g/mol. The van der Waals surface area contributed by atoms with Gasteiger partial charge in [-0.15, -0.1) is 0 Å². The molecule has 0 bridgehead atoms. The fraction of sp³-hybridized carbons (Fsp3) is 0.833. The first-order valence-corrected chi connectivity index (χ1v) is 23.0. The number of amides is 1. The molecule has 1 aliphatic carbocycles. The molecule has 1 fully saturated rings. The number of hydrogen-bond acceptors (Lipinski definition) is 11. The van der Waals surface area contributed by atoms with Crippen molar-refractivity contribution in [2.75, 3.05) is 6.61 Å². The van der Waals surface area contributed by atoms with Crippen LogP contribution in [-0.2, 0) is 18.4 Å². The summed E-state index contributed by atoms with van der Waals surface area (Å²) in [5.41, 5.74) is 0. The fourth-order valence-corrected chi connectivity index (χ4v) is 7.58. The zero-order valence-electron chi connectivity index (χ0n) is 34.3. The highest BCUT2D eigenvalue weighted by Gasteiger charge is 2.51. The number of aliphatic hydroxyl groups excluding tert-OH is 7. The molecule has 0 aromatic rings. The Balaban J connectivity index is 2.46. The molecule has 0 aromatic carbocycles. The molecule has 13 nitrogen and oxygen atoms in total. The molecule has 1 aliphatic rings. The first kappa shape index (κ1) is 52.5. The van der Waals surface area contributed by atoms with Gasteiger partial charge in [0, 0.05) is 0 Å². The third kappa shape index (κ3) is 24.4. The Morgan fingerprint density at radius 1 is 0.625 bits per heavy atom. The van der Waals surface area contributed by atoms with E-state index in [9.17, 15) is 50.0 Å². The summed E-state index contributed by atoms with van der Waals surface area (Å²) >= 11 is 0. The number of phosphoric ester groups is 1. The van der Waals surface area contributed by atoms with Gasteiger partial charge in [-0.3, -0.25) is 13.8 Å². The maximum Gasteiger partial charge on any atom is 0.472 e. The highest BCUT2D eigenvalue weighted by molar-refractivity contribution is 7.47. The Hall–Kier alpha value is -1.48. The van der Waals surface area contributed by atoms with Crippen molar-refractivity contribution in [3.8, 4) is 0 Å². The number of nitrogens with one attached hydrogen (secondary N) is 1. The van der Waals surface area contributed by atoms with Crippen molar-refractivity contribution in [1.82, 2.24) is 5.32 Å². The minimum atomic E-state index is -5.14. The molecule has 0 aromatic heterocycles. The summed E-state index contributed by atoms with van der Waals surface area (Å²) in [4.78, 5) is 23.2. The highest BCUT2D eigenvalue weighted by atomic mass is 31.2. The van der Waals surface area contributed by atoms with Crippen molar-refractivity contribution in [2.45, 2.75) is 216 Å². The third-order valence-corrected chi connectivity index (χ3v) is 11.2. The van der Waals surface area contributed by atoms with Crippen molar-refractivity contribution < 1.29 is 59.0 Å². The lowest BCUT2D eigenvalue weighted by Crippen LogP contribution is -2.64. The lowest BCUT2D eigenvalue weighted by molar-refractivity contribution is -0.220. The van der Waals surface area contributed by atoms with E-state index in [-0.39, 0.29) is 6.42 Å². The summed E-state index contributed by atoms with van der Waals surface area (Å²) in [7, 11) is -5.14. The lowest BCUT2D eigenvalue weighted by atomic mass is 9.85. The van der Waals surface area contributed by atoms with Crippen LogP contribution in [0.3, 0.4) is 0 Å². The molecule has 8 atom stereocenters. The number of phosphoric acid groups is 1. The van der Waals surface area contributed by atoms with Gasteiger partial charge in [0.15, 0.2) is 0 Å². The summed E-state index contributed by atoms with van der Waals surface area (Å²) in [6.07, 6.45) is 21.6. The number of hydrogen-bond donors (Lipinski definition) is 9. The van der Waals surface area contributed by atoms with Gasteiger partial charge >= 0.3 is 7.82 Å². The van der Waals surface area contributed by atoms with E-state index in [1.54, 1.807) is 6.08 Å². The van der Waals surface area contributed by atoms with Crippen molar-refractivity contribution in [2.24, 2.45) is 0 Å². The molecule has 0 aliphatic heterocycles. The molecular formula is C42H78NO12P. The molecule has 1 rings (SSSR count). The molecule has 0 heterocycles. The minimum Gasteiger partial charge on any atom is -0.393 e. The van der Waals surface area contributed by atoms with E-state index in [2.05, 4.69) is 37.4 Å². The van der Waals surface area contributed by atoms with Crippen molar-refractivity contribution in [3.05, 3.63) is 36.5 Å². The van der Waals surface area contributed by atoms with E-state index in [0.717, 1.165) is 64.2 Å². The Bertz CT molecular complexity index is 1110. The summed E-state index contributed by atoms with van der Waals surface area (Å²) in [5, 5.41) is 73.9. The summed E-state index contributed by atoms with van der Waals surface area (Å²) in [6, 6.07) is -1.26. The molecule has 0 radical (unpaired) electrons. The van der Waals surface area contributed by atoms with Crippen molar-refractivity contribution in [1.29, 1.82) is 0 Å². The molecule has 1 amide bonds. The van der Waals surface area contributed by atoms with Crippen LogP contribution in [0.4, 0.5) is 0 Å². The summed E-state index contributed by atoms with van der Waals surface area (Å²) in [5.74, 6) is -0.613. The second kappa shape index (κ2) is 32.4. The Kier molecular flexibility index (Phi) is 30.4. The van der Waals surface area contributed by atoms with Crippen LogP contribution in [0.5, 0.6) is 0 Å². The second-order valence-electron chi connectivity index (χ2n) is 15.4. The number of unbranched alkanes of at least 4 members (excludes halogenated alkanes) is 17. The largest absolute Gasteiger partial charge is 0.472 e. The average molecular weight is 820 g/mol. The third-order valence-electron chi connectivity index (χ3n) is 10.2. The van der Waals surface area contributed by atoms with E-state index in [0.29, 0.717) is 12.8 Å². The van der Waals surface area contributed by atoms with E-state index in [1.165, 1.54) is 70.3 Å². The van der Waals surface area contributed by atoms with Crippen LogP contribution in [0.15, 0.2) is 36.5 Å². The zero-order chi connectivity index (χ0) is 41.6. The molecule has 9 N–H and O–H groups in total. The van der Waals surface area contributed by atoms with Crippen LogP contribution < -0.4 is 5.32 Å². The van der Waals surface area contributed by atoms with Crippen molar-refractivity contribution >= 4 is 13.7 Å². The average Bonchev–Trinajstić information content (AvgIpc) is 3.17. The number of rotatable bonds is 34. The normalized spacial score (nSPS) is 24.5. The van der Waals surface area contributed by atoms with Crippen LogP contribution in [0.25, 0.3) is 0 Å². The first-order valence-electron chi connectivity index (χ1n) is 21.5. The predicted octanol–water partition coefficient (Wildman–Crippen LogP) is 6.19. The Labute approximate surface area is 336 Å². The number of allylic oxidation sites excluding steroid dienone is 5. The number of carbonyl (C=O) groups excluding carboxylic acids is 1. The molecule has 1 saturated carbocycles. The number of aliphatic hydroxyl groups is 7. The number of carbonyl (C=O) groups is 1. The van der Waals surface area contributed by atoms with Gasteiger partial charge in [-0.1, -0.05) is 140 Å². The van der Waals surface area contributed by atoms with Crippen LogP contribution in [0, 0.1) is 0 Å². The smallest absolute Gasteiger partial charge is 0.393 e.